The first-order valence-electron chi connectivity index (χ1n) is 7.16. The van der Waals surface area contributed by atoms with Crippen LogP contribution >= 0.6 is 11.8 Å². The van der Waals surface area contributed by atoms with Gasteiger partial charge < -0.3 is 10.1 Å². The van der Waals surface area contributed by atoms with Crippen molar-refractivity contribution < 1.29 is 4.74 Å². The summed E-state index contributed by atoms with van der Waals surface area (Å²) in [5.41, 5.74) is 1.28. The van der Waals surface area contributed by atoms with Gasteiger partial charge in [0.1, 0.15) is 5.75 Å². The third-order valence-corrected chi connectivity index (χ3v) is 5.71. The molecular weight excluding hydrogens is 254 g/mol. The van der Waals surface area contributed by atoms with Crippen molar-refractivity contribution >= 4 is 11.8 Å². The molecule has 2 rings (SSSR count). The van der Waals surface area contributed by atoms with E-state index in [1.807, 2.05) is 23.9 Å². The predicted octanol–water partition coefficient (Wildman–Crippen LogP) is 4.02. The molecule has 1 saturated carbocycles. The fourth-order valence-corrected chi connectivity index (χ4v) is 3.69. The molecule has 2 nitrogen and oxygen atoms in total. The molecule has 1 unspecified atom stereocenters. The van der Waals surface area contributed by atoms with Gasteiger partial charge in [-0.3, -0.25) is 0 Å². The first-order valence-corrected chi connectivity index (χ1v) is 8.38. The van der Waals surface area contributed by atoms with Crippen LogP contribution in [0.5, 0.6) is 5.75 Å². The molecule has 1 aromatic rings. The lowest BCUT2D eigenvalue weighted by molar-refractivity contribution is 0.324. The SMILES string of the molecule is CCC(NCC1(SC)CCC1)c1ccccc1OC. The van der Waals surface area contributed by atoms with Gasteiger partial charge in [-0.1, -0.05) is 31.5 Å². The minimum Gasteiger partial charge on any atom is -0.496 e. The van der Waals surface area contributed by atoms with Gasteiger partial charge in [0.25, 0.3) is 0 Å². The zero-order valence-electron chi connectivity index (χ0n) is 12.2. The molecule has 19 heavy (non-hydrogen) atoms. The highest BCUT2D eigenvalue weighted by molar-refractivity contribution is 8.00. The highest BCUT2D eigenvalue weighted by atomic mass is 32.2. The van der Waals surface area contributed by atoms with Gasteiger partial charge in [0.15, 0.2) is 0 Å². The van der Waals surface area contributed by atoms with Crippen molar-refractivity contribution in [2.75, 3.05) is 19.9 Å². The Morgan fingerprint density at radius 1 is 1.37 bits per heavy atom. The van der Waals surface area contributed by atoms with Crippen LogP contribution in [0, 0.1) is 0 Å². The van der Waals surface area contributed by atoms with E-state index in [4.69, 9.17) is 4.74 Å². The molecular formula is C16H25NOS. The number of thioether (sulfide) groups is 1. The van der Waals surface area contributed by atoms with E-state index in [0.717, 1.165) is 18.7 Å². The monoisotopic (exact) mass is 279 g/mol. The van der Waals surface area contributed by atoms with E-state index in [1.54, 1.807) is 7.11 Å². The van der Waals surface area contributed by atoms with Gasteiger partial charge in [-0.15, -0.1) is 0 Å². The average molecular weight is 279 g/mol. The predicted molar refractivity (Wildman–Crippen MR) is 84.1 cm³/mol. The number of rotatable bonds is 7. The second-order valence-corrected chi connectivity index (χ2v) is 6.60. The molecule has 0 radical (unpaired) electrons. The summed E-state index contributed by atoms with van der Waals surface area (Å²) in [5.74, 6) is 0.994. The summed E-state index contributed by atoms with van der Waals surface area (Å²) in [6.45, 7) is 3.33. The Bertz CT molecular complexity index is 398. The van der Waals surface area contributed by atoms with Gasteiger partial charge in [-0.25, -0.2) is 0 Å². The Morgan fingerprint density at radius 3 is 2.63 bits per heavy atom. The van der Waals surface area contributed by atoms with E-state index in [1.165, 1.54) is 24.8 Å². The maximum absolute atomic E-state index is 5.48. The Hall–Kier alpha value is -0.670. The molecule has 1 fully saturated rings. The van der Waals surface area contributed by atoms with Gasteiger partial charge in [0.05, 0.1) is 7.11 Å². The highest BCUT2D eigenvalue weighted by Gasteiger charge is 2.36. The molecule has 0 bridgehead atoms. The third kappa shape index (κ3) is 3.26. The van der Waals surface area contributed by atoms with Crippen LogP contribution in [0.4, 0.5) is 0 Å². The first kappa shape index (κ1) is 14.7. The van der Waals surface area contributed by atoms with Crippen LogP contribution in [-0.4, -0.2) is 24.7 Å². The Kier molecular flexibility index (Phi) is 5.17. The molecule has 1 atom stereocenters. The van der Waals surface area contributed by atoms with Crippen LogP contribution in [0.3, 0.4) is 0 Å². The second kappa shape index (κ2) is 6.67. The molecule has 3 heteroatoms. The maximum Gasteiger partial charge on any atom is 0.123 e. The van der Waals surface area contributed by atoms with E-state index < -0.39 is 0 Å². The summed E-state index contributed by atoms with van der Waals surface area (Å²) in [5, 5.41) is 3.75. The van der Waals surface area contributed by atoms with Crippen molar-refractivity contribution in [2.24, 2.45) is 0 Å². The van der Waals surface area contributed by atoms with E-state index in [-0.39, 0.29) is 0 Å². The van der Waals surface area contributed by atoms with E-state index in [0.29, 0.717) is 10.8 Å². The lowest BCUT2D eigenvalue weighted by Crippen LogP contribution is -2.44. The molecule has 0 aromatic heterocycles. The lowest BCUT2D eigenvalue weighted by atomic mass is 9.84. The number of methoxy groups -OCH3 is 1. The van der Waals surface area contributed by atoms with Crippen molar-refractivity contribution in [3.63, 3.8) is 0 Å². The molecule has 106 valence electrons. The number of hydrogen-bond donors (Lipinski definition) is 1. The summed E-state index contributed by atoms with van der Waals surface area (Å²) in [7, 11) is 1.75. The third-order valence-electron chi connectivity index (χ3n) is 4.29. The second-order valence-electron chi connectivity index (χ2n) is 5.32. The summed E-state index contributed by atoms with van der Waals surface area (Å²) in [6, 6.07) is 8.74. The Balaban J connectivity index is 2.03. The largest absolute Gasteiger partial charge is 0.496 e. The van der Waals surface area contributed by atoms with Gasteiger partial charge in [0.2, 0.25) is 0 Å². The summed E-state index contributed by atoms with van der Waals surface area (Å²) >= 11 is 2.02. The molecule has 0 amide bonds. The average Bonchev–Trinajstić information content (AvgIpc) is 2.42. The van der Waals surface area contributed by atoms with E-state index in [9.17, 15) is 0 Å². The molecule has 1 aliphatic rings. The molecule has 1 aromatic carbocycles. The summed E-state index contributed by atoms with van der Waals surface area (Å²) in [6.07, 6.45) is 7.41. The molecule has 1 aliphatic carbocycles. The first-order chi connectivity index (χ1) is 9.24. The molecule has 0 saturated heterocycles. The summed E-state index contributed by atoms with van der Waals surface area (Å²) < 4.78 is 5.96. The number of ether oxygens (including phenoxy) is 1. The van der Waals surface area contributed by atoms with Gasteiger partial charge in [-0.2, -0.15) is 11.8 Å². The van der Waals surface area contributed by atoms with Gasteiger partial charge in [0, 0.05) is 22.9 Å². The van der Waals surface area contributed by atoms with Crippen molar-refractivity contribution in [3.05, 3.63) is 29.8 Å². The summed E-state index contributed by atoms with van der Waals surface area (Å²) in [4.78, 5) is 0. The topological polar surface area (TPSA) is 21.3 Å². The van der Waals surface area contributed by atoms with Gasteiger partial charge >= 0.3 is 0 Å². The smallest absolute Gasteiger partial charge is 0.123 e. The van der Waals surface area contributed by atoms with Crippen LogP contribution in [0.1, 0.15) is 44.2 Å². The van der Waals surface area contributed by atoms with Crippen molar-refractivity contribution in [2.45, 2.75) is 43.4 Å². The minimum absolute atomic E-state index is 0.390. The number of nitrogens with one attached hydrogen (secondary N) is 1. The minimum atomic E-state index is 0.390. The quantitative estimate of drug-likeness (QED) is 0.814. The van der Waals surface area contributed by atoms with E-state index >= 15 is 0 Å². The fraction of sp³-hybridized carbons (Fsp3) is 0.625. The zero-order chi connectivity index (χ0) is 13.7. The Labute approximate surface area is 121 Å². The van der Waals surface area contributed by atoms with Gasteiger partial charge in [-0.05, 0) is 31.6 Å². The normalized spacial score (nSPS) is 18.7. The number of benzene rings is 1. The van der Waals surface area contributed by atoms with E-state index in [2.05, 4.69) is 30.6 Å². The van der Waals surface area contributed by atoms with Crippen LogP contribution in [0.25, 0.3) is 0 Å². The molecule has 0 spiro atoms. The lowest BCUT2D eigenvalue weighted by Gasteiger charge is -2.41. The van der Waals surface area contributed by atoms with Crippen molar-refractivity contribution in [3.8, 4) is 5.75 Å². The molecule has 0 aliphatic heterocycles. The molecule has 1 N–H and O–H groups in total. The van der Waals surface area contributed by atoms with Crippen LogP contribution in [0.15, 0.2) is 24.3 Å². The van der Waals surface area contributed by atoms with Crippen LogP contribution < -0.4 is 10.1 Å². The fourth-order valence-electron chi connectivity index (χ4n) is 2.76. The van der Waals surface area contributed by atoms with Crippen molar-refractivity contribution in [1.29, 1.82) is 0 Å². The zero-order valence-corrected chi connectivity index (χ0v) is 13.1. The Morgan fingerprint density at radius 2 is 2.11 bits per heavy atom. The van der Waals surface area contributed by atoms with Crippen LogP contribution in [-0.2, 0) is 0 Å². The standard InChI is InChI=1S/C16H25NOS/c1-4-14(13-8-5-6-9-15(13)18-2)17-12-16(19-3)10-7-11-16/h5-6,8-9,14,17H,4,7,10-12H2,1-3H3. The maximum atomic E-state index is 5.48. The number of hydrogen-bond acceptors (Lipinski definition) is 3. The van der Waals surface area contributed by atoms with Crippen LogP contribution in [0.2, 0.25) is 0 Å². The number of para-hydroxylation sites is 1. The highest BCUT2D eigenvalue weighted by Crippen LogP contribution is 2.42. The molecule has 0 heterocycles. The van der Waals surface area contributed by atoms with Crippen molar-refractivity contribution in [1.82, 2.24) is 5.32 Å².